The number of carbonyl (C=O) groups is 1. The molecular formula is C33H38N8O2. The van der Waals surface area contributed by atoms with Crippen molar-refractivity contribution in [3.8, 4) is 6.07 Å². The summed E-state index contributed by atoms with van der Waals surface area (Å²) in [5.74, 6) is 0.996. The fraction of sp³-hybridized carbons (Fsp3) is 0.394. The zero-order valence-electron chi connectivity index (χ0n) is 24.7. The molecule has 1 aromatic heterocycles. The number of carbonyl (C=O) groups excluding carboxylic acids is 1. The predicted octanol–water partition coefficient (Wildman–Crippen LogP) is 2.56. The molecule has 5 N–H and O–H groups in total. The molecule has 2 unspecified atom stereocenters. The molecule has 1 saturated heterocycles. The number of nitriles is 1. The number of piperidine rings is 1. The summed E-state index contributed by atoms with van der Waals surface area (Å²) in [6.45, 7) is 9.64. The number of nitrogens with zero attached hydrogens (tertiary/aromatic N) is 3. The summed E-state index contributed by atoms with van der Waals surface area (Å²) < 4.78 is 0. The first-order chi connectivity index (χ1) is 20.8. The van der Waals surface area contributed by atoms with Crippen molar-refractivity contribution in [2.45, 2.75) is 49.6 Å². The molecule has 1 amide bonds. The molecule has 2 aromatic carbocycles. The number of likely N-dealkylation sites (tertiary alicyclic amines) is 1. The van der Waals surface area contributed by atoms with E-state index in [9.17, 15) is 14.9 Å². The van der Waals surface area contributed by atoms with Crippen molar-refractivity contribution >= 4 is 11.6 Å². The van der Waals surface area contributed by atoms with E-state index >= 15 is 0 Å². The normalized spacial score (nSPS) is 23.3. The zero-order chi connectivity index (χ0) is 30.3. The molecule has 10 heteroatoms. The number of aryl methyl sites for hydroxylation is 2. The van der Waals surface area contributed by atoms with Crippen molar-refractivity contribution in [2.75, 3.05) is 27.2 Å². The van der Waals surface area contributed by atoms with Gasteiger partial charge < -0.3 is 20.9 Å². The van der Waals surface area contributed by atoms with Crippen molar-refractivity contribution in [1.29, 1.82) is 5.26 Å². The Morgan fingerprint density at radius 3 is 2.42 bits per heavy atom. The fourth-order valence-corrected chi connectivity index (χ4v) is 7.21. The first kappa shape index (κ1) is 28.5. The summed E-state index contributed by atoms with van der Waals surface area (Å²) in [6.07, 6.45) is 4.11. The number of benzene rings is 2. The molecule has 10 nitrogen and oxygen atoms in total. The van der Waals surface area contributed by atoms with Gasteiger partial charge in [0.2, 0.25) is 0 Å². The average molecular weight is 579 g/mol. The first-order valence-corrected chi connectivity index (χ1v) is 14.9. The molecule has 0 spiro atoms. The fourth-order valence-electron chi connectivity index (χ4n) is 7.21. The second kappa shape index (κ2) is 11.2. The van der Waals surface area contributed by atoms with Crippen LogP contribution < -0.4 is 21.6 Å². The molecule has 2 fully saturated rings. The Morgan fingerprint density at radius 1 is 1.09 bits per heavy atom. The van der Waals surface area contributed by atoms with E-state index in [-0.39, 0.29) is 17.6 Å². The molecule has 1 aliphatic heterocycles. The molecule has 0 radical (unpaired) electrons. The molecule has 1 saturated carbocycles. The summed E-state index contributed by atoms with van der Waals surface area (Å²) in [5, 5.41) is 26.2. The average Bonchev–Trinajstić information content (AvgIpc) is 3.52. The Bertz CT molecular complexity index is 1630. The first-order valence-electron chi connectivity index (χ1n) is 14.9. The van der Waals surface area contributed by atoms with Crippen molar-refractivity contribution in [1.82, 2.24) is 36.0 Å². The second-order valence-electron chi connectivity index (χ2n) is 11.8. The smallest absolute Gasteiger partial charge is 0.340 e. The van der Waals surface area contributed by atoms with Crippen LogP contribution >= 0.6 is 0 Å². The molecule has 6 rings (SSSR count). The molecule has 3 aromatic rings. The van der Waals surface area contributed by atoms with Gasteiger partial charge in [-0.1, -0.05) is 31.4 Å². The SMILES string of the molecule is C=C(NC)c1ccc2c(c1)CCc1cc(C(=O)NC)ccc1C2(CCNCC(=C)N1C(C#N)C[C@@H]2C[C@@H]21)c1n[nH]c(=O)[nH]1. The summed E-state index contributed by atoms with van der Waals surface area (Å²) in [7, 11) is 3.48. The quantitative estimate of drug-likeness (QED) is 0.233. The van der Waals surface area contributed by atoms with E-state index < -0.39 is 5.41 Å². The van der Waals surface area contributed by atoms with E-state index in [0.29, 0.717) is 42.9 Å². The van der Waals surface area contributed by atoms with Crippen molar-refractivity contribution < 1.29 is 4.79 Å². The van der Waals surface area contributed by atoms with Crippen molar-refractivity contribution in [2.24, 2.45) is 5.92 Å². The number of fused-ring (bicyclic) bond motifs is 3. The molecule has 222 valence electrons. The third kappa shape index (κ3) is 4.93. The number of hydrogen-bond donors (Lipinski definition) is 5. The summed E-state index contributed by atoms with van der Waals surface area (Å²) >= 11 is 0. The number of nitrogens with one attached hydrogen (secondary N) is 5. The summed E-state index contributed by atoms with van der Waals surface area (Å²) in [6, 6.07) is 14.9. The van der Waals surface area contributed by atoms with Crippen LogP contribution in [-0.4, -0.2) is 65.3 Å². The van der Waals surface area contributed by atoms with Gasteiger partial charge in [-0.25, -0.2) is 9.89 Å². The zero-order valence-corrected chi connectivity index (χ0v) is 24.7. The van der Waals surface area contributed by atoms with Crippen LogP contribution in [0.25, 0.3) is 5.70 Å². The van der Waals surface area contributed by atoms with Crippen molar-refractivity contribution in [3.63, 3.8) is 0 Å². The maximum absolute atomic E-state index is 12.6. The van der Waals surface area contributed by atoms with Crippen LogP contribution in [-0.2, 0) is 18.3 Å². The number of aromatic nitrogens is 3. The van der Waals surface area contributed by atoms with Gasteiger partial charge in [0.1, 0.15) is 11.9 Å². The molecule has 0 bridgehead atoms. The third-order valence-corrected chi connectivity index (χ3v) is 9.46. The maximum Gasteiger partial charge on any atom is 0.340 e. The predicted molar refractivity (Wildman–Crippen MR) is 165 cm³/mol. The van der Waals surface area contributed by atoms with Gasteiger partial charge in [0.25, 0.3) is 5.91 Å². The van der Waals surface area contributed by atoms with Crippen LogP contribution in [0.1, 0.15) is 63.3 Å². The Kier molecular flexibility index (Phi) is 7.44. The minimum absolute atomic E-state index is 0.102. The van der Waals surface area contributed by atoms with Gasteiger partial charge in [-0.2, -0.15) is 10.4 Å². The Hall–Kier alpha value is -4.62. The highest BCUT2D eigenvalue weighted by Crippen LogP contribution is 2.49. The summed E-state index contributed by atoms with van der Waals surface area (Å²) in [5.41, 5.74) is 6.39. The van der Waals surface area contributed by atoms with Gasteiger partial charge >= 0.3 is 5.69 Å². The van der Waals surface area contributed by atoms with Crippen LogP contribution in [0.3, 0.4) is 0 Å². The van der Waals surface area contributed by atoms with Gasteiger partial charge in [0.05, 0.1) is 11.5 Å². The van der Waals surface area contributed by atoms with Crippen LogP contribution in [0.5, 0.6) is 0 Å². The van der Waals surface area contributed by atoms with Gasteiger partial charge in [0.15, 0.2) is 0 Å². The lowest BCUT2D eigenvalue weighted by Gasteiger charge is -2.35. The lowest BCUT2D eigenvalue weighted by molar-refractivity contribution is 0.0963. The van der Waals surface area contributed by atoms with E-state index in [1.54, 1.807) is 7.05 Å². The lowest BCUT2D eigenvalue weighted by Crippen LogP contribution is -2.39. The molecule has 2 aliphatic carbocycles. The highest BCUT2D eigenvalue weighted by atomic mass is 16.2. The van der Waals surface area contributed by atoms with E-state index in [1.807, 2.05) is 25.2 Å². The molecule has 4 atom stereocenters. The summed E-state index contributed by atoms with van der Waals surface area (Å²) in [4.78, 5) is 30.3. The third-order valence-electron chi connectivity index (χ3n) is 9.46. The highest BCUT2D eigenvalue weighted by molar-refractivity contribution is 5.94. The Morgan fingerprint density at radius 2 is 1.79 bits per heavy atom. The van der Waals surface area contributed by atoms with E-state index in [4.69, 9.17) is 0 Å². The van der Waals surface area contributed by atoms with E-state index in [0.717, 1.165) is 64.9 Å². The van der Waals surface area contributed by atoms with Crippen LogP contribution in [0, 0.1) is 17.2 Å². The minimum atomic E-state index is -0.806. The highest BCUT2D eigenvalue weighted by Gasteiger charge is 2.52. The molecule has 43 heavy (non-hydrogen) atoms. The maximum atomic E-state index is 12.6. The minimum Gasteiger partial charge on any atom is -0.388 e. The van der Waals surface area contributed by atoms with Gasteiger partial charge in [-0.3, -0.25) is 9.78 Å². The lowest BCUT2D eigenvalue weighted by atomic mass is 9.69. The largest absolute Gasteiger partial charge is 0.388 e. The number of H-pyrrole nitrogens is 2. The van der Waals surface area contributed by atoms with E-state index in [2.05, 4.69) is 73.5 Å². The number of hydrogen-bond acceptors (Lipinski definition) is 7. The molecule has 2 heterocycles. The van der Waals surface area contributed by atoms with Gasteiger partial charge in [-0.05, 0) is 90.6 Å². The number of rotatable bonds is 10. The van der Waals surface area contributed by atoms with E-state index in [1.165, 1.54) is 0 Å². The Labute approximate surface area is 251 Å². The van der Waals surface area contributed by atoms with Crippen molar-refractivity contribution in [3.05, 3.63) is 105 Å². The molecule has 3 aliphatic rings. The Balaban J connectivity index is 1.40. The number of aromatic amines is 2. The van der Waals surface area contributed by atoms with Gasteiger partial charge in [-0.15, -0.1) is 0 Å². The second-order valence-corrected chi connectivity index (χ2v) is 11.8. The topological polar surface area (TPSA) is 142 Å². The van der Waals surface area contributed by atoms with Crippen LogP contribution in [0.15, 0.2) is 60.0 Å². The standard InChI is InChI=1S/C33H38N8O2/c1-19(41-26(17-34)15-25-16-29(25)41)18-37-12-11-33(31-38-32(43)40-39-31)27-9-7-21(20(2)35-3)13-22(27)5-6-23-14-24(30(42)36-4)8-10-28(23)33/h7-10,13-14,25-26,29,35,37H,1-2,5-6,11-12,15-16,18H2,3-4H3,(H,36,42)(H2,38,39,40,43)/t25-,26?,29+,33?/m1/s1. The van der Waals surface area contributed by atoms with Crippen LogP contribution in [0.4, 0.5) is 0 Å². The van der Waals surface area contributed by atoms with Gasteiger partial charge in [0, 0.05) is 43.6 Å². The molecular weight excluding hydrogens is 540 g/mol. The number of amides is 1. The monoisotopic (exact) mass is 578 g/mol. The van der Waals surface area contributed by atoms with Crippen LogP contribution in [0.2, 0.25) is 0 Å².